The molecule has 0 radical (unpaired) electrons. The van der Waals surface area contributed by atoms with Crippen molar-refractivity contribution in [2.75, 3.05) is 7.11 Å². The highest BCUT2D eigenvalue weighted by Crippen LogP contribution is 2.28. The van der Waals surface area contributed by atoms with Crippen LogP contribution in [0.5, 0.6) is 5.75 Å². The zero-order valence-corrected chi connectivity index (χ0v) is 12.2. The van der Waals surface area contributed by atoms with E-state index in [1.165, 1.54) is 6.42 Å². The maximum atomic E-state index is 5.86. The van der Waals surface area contributed by atoms with Crippen LogP contribution in [0.1, 0.15) is 33.0 Å². The Morgan fingerprint density at radius 1 is 1.26 bits per heavy atom. The van der Waals surface area contributed by atoms with Crippen LogP contribution in [0.15, 0.2) is 28.7 Å². The zero-order valence-electron chi connectivity index (χ0n) is 12.2. The number of fused-ring (bicyclic) bond motifs is 1. The van der Waals surface area contributed by atoms with Crippen molar-refractivity contribution in [2.24, 2.45) is 5.92 Å². The van der Waals surface area contributed by atoms with Gasteiger partial charge in [-0.1, -0.05) is 26.0 Å². The van der Waals surface area contributed by atoms with Crippen LogP contribution >= 0.6 is 0 Å². The van der Waals surface area contributed by atoms with Crippen molar-refractivity contribution in [3.05, 3.63) is 30.0 Å². The van der Waals surface area contributed by atoms with E-state index in [0.717, 1.165) is 29.0 Å². The van der Waals surface area contributed by atoms with Crippen molar-refractivity contribution in [2.45, 2.75) is 39.8 Å². The summed E-state index contributed by atoms with van der Waals surface area (Å²) in [6.45, 7) is 7.45. The Morgan fingerprint density at radius 2 is 2.05 bits per heavy atom. The Labute approximate surface area is 114 Å². The van der Waals surface area contributed by atoms with E-state index in [1.54, 1.807) is 7.11 Å². The van der Waals surface area contributed by atoms with Gasteiger partial charge in [-0.05, 0) is 31.4 Å². The van der Waals surface area contributed by atoms with Crippen LogP contribution in [0, 0.1) is 5.92 Å². The van der Waals surface area contributed by atoms with Gasteiger partial charge in [-0.15, -0.1) is 0 Å². The molecule has 3 nitrogen and oxygen atoms in total. The molecule has 0 aliphatic carbocycles. The largest absolute Gasteiger partial charge is 0.493 e. The maximum Gasteiger partial charge on any atom is 0.176 e. The number of nitrogens with one attached hydrogen (secondary N) is 1. The molecule has 2 rings (SSSR count). The molecule has 0 saturated carbocycles. The lowest BCUT2D eigenvalue weighted by Crippen LogP contribution is -2.26. The molecule has 104 valence electrons. The molecule has 3 heteroatoms. The molecule has 0 saturated heterocycles. The van der Waals surface area contributed by atoms with Crippen molar-refractivity contribution < 1.29 is 9.15 Å². The highest BCUT2D eigenvalue weighted by atomic mass is 16.5. The minimum Gasteiger partial charge on any atom is -0.493 e. The first-order chi connectivity index (χ1) is 9.10. The van der Waals surface area contributed by atoms with Gasteiger partial charge in [0, 0.05) is 11.4 Å². The molecule has 2 aromatic rings. The van der Waals surface area contributed by atoms with E-state index in [0.29, 0.717) is 12.0 Å². The smallest absolute Gasteiger partial charge is 0.176 e. The van der Waals surface area contributed by atoms with E-state index in [9.17, 15) is 0 Å². The maximum absolute atomic E-state index is 5.86. The van der Waals surface area contributed by atoms with Gasteiger partial charge in [-0.25, -0.2) is 0 Å². The standard InChI is InChI=1S/C16H23NO2/c1-11(2)8-12(3)17-10-14-9-13-6-5-7-15(18-4)16(13)19-14/h5-7,9,11-12,17H,8,10H2,1-4H3/t12-/m1/s1. The quantitative estimate of drug-likeness (QED) is 0.854. The van der Waals surface area contributed by atoms with Gasteiger partial charge < -0.3 is 14.5 Å². The van der Waals surface area contributed by atoms with E-state index in [4.69, 9.17) is 9.15 Å². The second-order valence-electron chi connectivity index (χ2n) is 5.50. The van der Waals surface area contributed by atoms with Gasteiger partial charge in [-0.3, -0.25) is 0 Å². The Hall–Kier alpha value is -1.48. The Kier molecular flexibility index (Phi) is 4.48. The average molecular weight is 261 g/mol. The summed E-state index contributed by atoms with van der Waals surface area (Å²) in [5.74, 6) is 2.45. The fourth-order valence-corrected chi connectivity index (χ4v) is 2.40. The van der Waals surface area contributed by atoms with Crippen LogP contribution in [-0.2, 0) is 6.54 Å². The molecule has 0 bridgehead atoms. The minimum atomic E-state index is 0.495. The normalized spacial score (nSPS) is 13.1. The molecule has 0 amide bonds. The molecule has 1 atom stereocenters. The number of hydrogen-bond donors (Lipinski definition) is 1. The first kappa shape index (κ1) is 13.9. The van der Waals surface area contributed by atoms with E-state index in [-0.39, 0.29) is 0 Å². The van der Waals surface area contributed by atoms with Gasteiger partial charge in [0.1, 0.15) is 5.76 Å². The summed E-state index contributed by atoms with van der Waals surface area (Å²) in [6, 6.07) is 8.52. The number of methoxy groups -OCH3 is 1. The third kappa shape index (κ3) is 3.51. The number of furan rings is 1. The number of hydrogen-bond acceptors (Lipinski definition) is 3. The number of para-hydroxylation sites is 1. The summed E-state index contributed by atoms with van der Waals surface area (Å²) in [7, 11) is 1.67. The second-order valence-corrected chi connectivity index (χ2v) is 5.50. The van der Waals surface area contributed by atoms with E-state index in [2.05, 4.69) is 32.2 Å². The fourth-order valence-electron chi connectivity index (χ4n) is 2.40. The Balaban J connectivity index is 2.05. The van der Waals surface area contributed by atoms with Crippen molar-refractivity contribution in [3.63, 3.8) is 0 Å². The minimum absolute atomic E-state index is 0.495. The van der Waals surface area contributed by atoms with Crippen LogP contribution in [-0.4, -0.2) is 13.2 Å². The SMILES string of the molecule is COc1cccc2cc(CN[C@H](C)CC(C)C)oc12. The number of benzene rings is 1. The number of ether oxygens (including phenoxy) is 1. The van der Waals surface area contributed by atoms with Gasteiger partial charge in [0.15, 0.2) is 11.3 Å². The van der Waals surface area contributed by atoms with Crippen LogP contribution in [0.3, 0.4) is 0 Å². The highest BCUT2D eigenvalue weighted by molar-refractivity contribution is 5.83. The molecular weight excluding hydrogens is 238 g/mol. The lowest BCUT2D eigenvalue weighted by atomic mass is 10.1. The molecular formula is C16H23NO2. The third-order valence-corrected chi connectivity index (χ3v) is 3.23. The van der Waals surface area contributed by atoms with Gasteiger partial charge in [-0.2, -0.15) is 0 Å². The lowest BCUT2D eigenvalue weighted by Gasteiger charge is -2.14. The first-order valence-electron chi connectivity index (χ1n) is 6.89. The molecule has 1 N–H and O–H groups in total. The van der Waals surface area contributed by atoms with E-state index >= 15 is 0 Å². The van der Waals surface area contributed by atoms with E-state index in [1.807, 2.05) is 18.2 Å². The monoisotopic (exact) mass is 261 g/mol. The molecule has 0 fully saturated rings. The van der Waals surface area contributed by atoms with Gasteiger partial charge >= 0.3 is 0 Å². The topological polar surface area (TPSA) is 34.4 Å². The van der Waals surface area contributed by atoms with Crippen molar-refractivity contribution in [3.8, 4) is 5.75 Å². The van der Waals surface area contributed by atoms with Crippen molar-refractivity contribution in [1.29, 1.82) is 0 Å². The first-order valence-corrected chi connectivity index (χ1v) is 6.89. The summed E-state index contributed by atoms with van der Waals surface area (Å²) < 4.78 is 11.2. The van der Waals surface area contributed by atoms with Crippen molar-refractivity contribution in [1.82, 2.24) is 5.32 Å². The predicted octanol–water partition coefficient (Wildman–Crippen LogP) is 3.97. The number of rotatable bonds is 6. The van der Waals surface area contributed by atoms with E-state index < -0.39 is 0 Å². The Bertz CT molecular complexity index is 531. The summed E-state index contributed by atoms with van der Waals surface area (Å²) in [5, 5.41) is 4.58. The average Bonchev–Trinajstić information content (AvgIpc) is 2.78. The molecule has 1 aromatic heterocycles. The summed E-state index contributed by atoms with van der Waals surface area (Å²) in [4.78, 5) is 0. The molecule has 1 aromatic carbocycles. The van der Waals surface area contributed by atoms with Crippen LogP contribution in [0.2, 0.25) is 0 Å². The molecule has 0 aliphatic rings. The van der Waals surface area contributed by atoms with Gasteiger partial charge in [0.05, 0.1) is 13.7 Å². The van der Waals surface area contributed by atoms with Crippen LogP contribution < -0.4 is 10.1 Å². The highest BCUT2D eigenvalue weighted by Gasteiger charge is 2.10. The van der Waals surface area contributed by atoms with Gasteiger partial charge in [0.25, 0.3) is 0 Å². The summed E-state index contributed by atoms with van der Waals surface area (Å²) in [6.07, 6.45) is 1.17. The Morgan fingerprint density at radius 3 is 2.74 bits per heavy atom. The fraction of sp³-hybridized carbons (Fsp3) is 0.500. The van der Waals surface area contributed by atoms with Crippen molar-refractivity contribution >= 4 is 11.0 Å². The summed E-state index contributed by atoms with van der Waals surface area (Å²) >= 11 is 0. The summed E-state index contributed by atoms with van der Waals surface area (Å²) in [5.41, 5.74) is 0.832. The van der Waals surface area contributed by atoms with Crippen LogP contribution in [0.25, 0.3) is 11.0 Å². The third-order valence-electron chi connectivity index (χ3n) is 3.23. The second kappa shape index (κ2) is 6.11. The predicted molar refractivity (Wildman–Crippen MR) is 78.5 cm³/mol. The molecule has 19 heavy (non-hydrogen) atoms. The van der Waals surface area contributed by atoms with Gasteiger partial charge in [0.2, 0.25) is 0 Å². The molecule has 0 unspecified atom stereocenters. The molecule has 0 aliphatic heterocycles. The lowest BCUT2D eigenvalue weighted by molar-refractivity contribution is 0.398. The van der Waals surface area contributed by atoms with Crippen LogP contribution in [0.4, 0.5) is 0 Å². The molecule has 0 spiro atoms. The molecule has 1 heterocycles. The zero-order chi connectivity index (χ0) is 13.8.